The van der Waals surface area contributed by atoms with Gasteiger partial charge in [0, 0.05) is 39.3 Å². The number of carboxylic acid groups (broad SMARTS) is 2. The molecule has 7 N–H and O–H groups in total. The van der Waals surface area contributed by atoms with Crippen molar-refractivity contribution in [2.75, 3.05) is 26.4 Å². The zero-order chi connectivity index (χ0) is 27.5. The van der Waals surface area contributed by atoms with Crippen molar-refractivity contribution in [2.45, 2.75) is 60.5 Å². The third-order valence-electron chi connectivity index (χ3n) is 5.68. The number of hydrogen-bond donors (Lipinski definition) is 7. The van der Waals surface area contributed by atoms with Gasteiger partial charge in [-0.2, -0.15) is 8.42 Å². The topological polar surface area (TPSA) is 219 Å². The van der Waals surface area contributed by atoms with E-state index in [4.69, 9.17) is 30.1 Å². The van der Waals surface area contributed by atoms with Gasteiger partial charge in [0.05, 0.1) is 31.7 Å². The van der Waals surface area contributed by atoms with Gasteiger partial charge in [-0.15, -0.1) is 0 Å². The molecule has 207 valence electrons. The molecule has 0 heterocycles. The maximum Gasteiger partial charge on any atom is 0.397 e. The molecule has 35 heavy (non-hydrogen) atoms. The summed E-state index contributed by atoms with van der Waals surface area (Å²) >= 11 is 0. The summed E-state index contributed by atoms with van der Waals surface area (Å²) in [5.74, 6) is -4.93. The van der Waals surface area contributed by atoms with Gasteiger partial charge in [-0.05, 0) is 35.5 Å². The molecule has 5 atom stereocenters. The molecule has 0 amide bonds. The second-order valence-corrected chi connectivity index (χ2v) is 11.4. The van der Waals surface area contributed by atoms with Crippen LogP contribution in [0, 0.1) is 34.5 Å². The standard InChI is InChI=1S/C11H22O8S.C10H20O4.Y/c1-11(2,3)8(4-7(5-12)10(14)15)9(6-13)19-20(16,17)18;1-10(2,3)8(6-12)4-7(5-11)9(13)14;/h7-9,12-13H,4-6H2,1-3H3,(H,14,15)(H,16,17,18);7-8,11-12H,4-6H2,1-3H3,(H,13,14);. The molecule has 0 fully saturated rings. The predicted octanol–water partition coefficient (Wildman–Crippen LogP) is 0.634. The number of aliphatic carboxylic acids is 2. The predicted molar refractivity (Wildman–Crippen MR) is 122 cm³/mol. The van der Waals surface area contributed by atoms with Crippen LogP contribution in [0.1, 0.15) is 54.4 Å². The molecule has 0 bridgehead atoms. The summed E-state index contributed by atoms with van der Waals surface area (Å²) in [7, 11) is -4.77. The quantitative estimate of drug-likeness (QED) is 0.143. The van der Waals surface area contributed by atoms with Crippen LogP contribution in [0.5, 0.6) is 0 Å². The van der Waals surface area contributed by atoms with Gasteiger partial charge in [0.1, 0.15) is 6.10 Å². The summed E-state index contributed by atoms with van der Waals surface area (Å²) in [5, 5.41) is 53.9. The van der Waals surface area contributed by atoms with E-state index < -0.39 is 64.8 Å². The first-order valence-corrected chi connectivity index (χ1v) is 12.2. The van der Waals surface area contributed by atoms with Crippen molar-refractivity contribution in [3.8, 4) is 0 Å². The Balaban J connectivity index is -0.000000603. The van der Waals surface area contributed by atoms with Crippen molar-refractivity contribution in [3.05, 3.63) is 0 Å². The van der Waals surface area contributed by atoms with E-state index in [0.717, 1.165) is 0 Å². The van der Waals surface area contributed by atoms with E-state index in [1.54, 1.807) is 20.8 Å². The molecule has 0 saturated heterocycles. The molecule has 14 heteroatoms. The van der Waals surface area contributed by atoms with Crippen LogP contribution in [-0.4, -0.2) is 88.1 Å². The number of carbonyl (C=O) groups is 2. The number of carboxylic acids is 2. The van der Waals surface area contributed by atoms with Crippen LogP contribution >= 0.6 is 0 Å². The second-order valence-electron chi connectivity index (χ2n) is 10.4. The zero-order valence-corrected chi connectivity index (χ0v) is 24.9. The molecular formula is C21H42O12SY. The van der Waals surface area contributed by atoms with Gasteiger partial charge >= 0.3 is 22.3 Å². The Morgan fingerprint density at radius 2 is 1.14 bits per heavy atom. The maximum absolute atomic E-state index is 11.0. The van der Waals surface area contributed by atoms with E-state index in [1.807, 2.05) is 20.8 Å². The van der Waals surface area contributed by atoms with Crippen LogP contribution in [0.4, 0.5) is 0 Å². The number of rotatable bonds is 13. The van der Waals surface area contributed by atoms with E-state index in [2.05, 4.69) is 4.18 Å². The van der Waals surface area contributed by atoms with Crippen LogP contribution < -0.4 is 0 Å². The van der Waals surface area contributed by atoms with Crippen molar-refractivity contribution in [3.63, 3.8) is 0 Å². The minimum atomic E-state index is -4.77. The molecule has 0 rings (SSSR count). The number of aliphatic hydroxyl groups is 4. The fourth-order valence-corrected chi connectivity index (χ4v) is 3.81. The van der Waals surface area contributed by atoms with Gasteiger partial charge in [-0.3, -0.25) is 14.1 Å². The Morgan fingerprint density at radius 3 is 1.37 bits per heavy atom. The molecule has 0 aromatic heterocycles. The normalized spacial score (nSPS) is 16.5. The van der Waals surface area contributed by atoms with E-state index >= 15 is 0 Å². The first kappa shape index (κ1) is 39.3. The van der Waals surface area contributed by atoms with E-state index in [1.165, 1.54) is 0 Å². The minimum absolute atomic E-state index is 0. The van der Waals surface area contributed by atoms with Crippen molar-refractivity contribution in [1.29, 1.82) is 0 Å². The molecule has 0 spiro atoms. The van der Waals surface area contributed by atoms with Crippen molar-refractivity contribution in [1.82, 2.24) is 0 Å². The van der Waals surface area contributed by atoms with Gasteiger partial charge in [-0.1, -0.05) is 41.5 Å². The largest absolute Gasteiger partial charge is 0.481 e. The van der Waals surface area contributed by atoms with E-state index in [0.29, 0.717) is 6.42 Å². The maximum atomic E-state index is 11.0. The van der Waals surface area contributed by atoms with Crippen molar-refractivity contribution < 1.29 is 90.1 Å². The van der Waals surface area contributed by atoms with Gasteiger partial charge in [0.25, 0.3) is 0 Å². The second kappa shape index (κ2) is 17.3. The Labute approximate surface area is 232 Å². The first-order valence-electron chi connectivity index (χ1n) is 10.8. The molecule has 0 aromatic rings. The first-order chi connectivity index (χ1) is 15.2. The Hall–Kier alpha value is -0.246. The SMILES string of the molecule is CC(C)(C)C(CC(CO)C(=O)O)C(CO)OS(=O)(=O)O.CC(C)(C)C(CO)CC(CO)C(=O)O.[Y]. The molecular weight excluding hydrogens is 565 g/mol. The smallest absolute Gasteiger partial charge is 0.397 e. The van der Waals surface area contributed by atoms with Crippen LogP contribution in [-0.2, 0) is 56.9 Å². The van der Waals surface area contributed by atoms with Crippen LogP contribution in [0.25, 0.3) is 0 Å². The van der Waals surface area contributed by atoms with Gasteiger partial charge in [0.2, 0.25) is 0 Å². The summed E-state index contributed by atoms with van der Waals surface area (Å²) in [6.07, 6.45) is -1.08. The fraction of sp³-hybridized carbons (Fsp3) is 0.905. The fourth-order valence-electron chi connectivity index (χ4n) is 3.30. The molecule has 0 aliphatic heterocycles. The summed E-state index contributed by atoms with van der Waals surface area (Å²) in [4.78, 5) is 21.6. The van der Waals surface area contributed by atoms with Gasteiger partial charge in [0.15, 0.2) is 0 Å². The average molecular weight is 608 g/mol. The summed E-state index contributed by atoms with van der Waals surface area (Å²) in [6, 6.07) is 0. The molecule has 5 unspecified atom stereocenters. The molecule has 0 aromatic carbocycles. The van der Waals surface area contributed by atoms with Gasteiger partial charge in [-0.25, -0.2) is 4.18 Å². The summed E-state index contributed by atoms with van der Waals surface area (Å²) in [6.45, 7) is 9.23. The van der Waals surface area contributed by atoms with E-state index in [9.17, 15) is 23.1 Å². The monoisotopic (exact) mass is 607 g/mol. The molecule has 12 nitrogen and oxygen atoms in total. The molecule has 0 saturated carbocycles. The summed E-state index contributed by atoms with van der Waals surface area (Å²) in [5.41, 5.74) is -0.751. The minimum Gasteiger partial charge on any atom is -0.481 e. The Kier molecular flexibility index (Phi) is 19.4. The zero-order valence-electron chi connectivity index (χ0n) is 21.3. The van der Waals surface area contributed by atoms with Crippen LogP contribution in [0.3, 0.4) is 0 Å². The van der Waals surface area contributed by atoms with Crippen molar-refractivity contribution >= 4 is 22.3 Å². The number of hydrogen-bond acceptors (Lipinski definition) is 9. The molecule has 0 aliphatic rings. The Morgan fingerprint density at radius 1 is 0.743 bits per heavy atom. The number of aliphatic hydroxyl groups excluding tert-OH is 4. The van der Waals surface area contributed by atoms with Crippen LogP contribution in [0.2, 0.25) is 0 Å². The summed E-state index contributed by atoms with van der Waals surface area (Å²) < 4.78 is 34.7. The molecule has 1 radical (unpaired) electrons. The molecule has 0 aliphatic carbocycles. The third kappa shape index (κ3) is 17.0. The van der Waals surface area contributed by atoms with Gasteiger partial charge < -0.3 is 30.6 Å². The Bertz CT molecular complexity index is 715. The average Bonchev–Trinajstić information content (AvgIpc) is 2.65. The van der Waals surface area contributed by atoms with Crippen LogP contribution in [0.15, 0.2) is 0 Å². The van der Waals surface area contributed by atoms with E-state index in [-0.39, 0.29) is 63.7 Å². The van der Waals surface area contributed by atoms with Crippen molar-refractivity contribution in [2.24, 2.45) is 34.5 Å². The third-order valence-corrected chi connectivity index (χ3v) is 6.17.